The van der Waals surface area contributed by atoms with Gasteiger partial charge in [0.15, 0.2) is 0 Å². The first kappa shape index (κ1) is 9.60. The van der Waals surface area contributed by atoms with E-state index >= 15 is 0 Å². The van der Waals surface area contributed by atoms with Crippen LogP contribution < -0.4 is 0 Å². The van der Waals surface area contributed by atoms with E-state index in [9.17, 15) is 4.79 Å². The number of esters is 1. The first-order valence-corrected chi connectivity index (χ1v) is 5.75. The highest BCUT2D eigenvalue weighted by Crippen LogP contribution is 2.48. The molecule has 3 fully saturated rings. The van der Waals surface area contributed by atoms with Crippen LogP contribution in [0.4, 0.5) is 0 Å². The van der Waals surface area contributed by atoms with Crippen molar-refractivity contribution >= 4 is 5.97 Å². The average molecular weight is 212 g/mol. The molecule has 0 amide bonds. The smallest absolute Gasteiger partial charge is 0.312 e. The minimum Gasteiger partial charge on any atom is -0.465 e. The molecule has 3 aliphatic heterocycles. The van der Waals surface area contributed by atoms with Gasteiger partial charge in [-0.15, -0.1) is 0 Å². The molecule has 15 heavy (non-hydrogen) atoms. The summed E-state index contributed by atoms with van der Waals surface area (Å²) >= 11 is 0. The summed E-state index contributed by atoms with van der Waals surface area (Å²) in [7, 11) is 0. The Morgan fingerprint density at radius 1 is 1.53 bits per heavy atom. The van der Waals surface area contributed by atoms with Crippen molar-refractivity contribution in [3.05, 3.63) is 0 Å². The lowest BCUT2D eigenvalue weighted by atomic mass is 9.80. The molecule has 2 bridgehead atoms. The second-order valence-electron chi connectivity index (χ2n) is 4.60. The van der Waals surface area contributed by atoms with Crippen molar-refractivity contribution in [3.63, 3.8) is 0 Å². The van der Waals surface area contributed by atoms with Gasteiger partial charge in [0, 0.05) is 18.9 Å². The summed E-state index contributed by atoms with van der Waals surface area (Å²) < 4.78 is 16.6. The fourth-order valence-corrected chi connectivity index (χ4v) is 3.00. The van der Waals surface area contributed by atoms with E-state index in [1.807, 2.05) is 0 Å². The second-order valence-corrected chi connectivity index (χ2v) is 4.60. The Morgan fingerprint density at radius 3 is 3.20 bits per heavy atom. The Labute approximate surface area is 88.9 Å². The van der Waals surface area contributed by atoms with Gasteiger partial charge in [-0.1, -0.05) is 6.92 Å². The van der Waals surface area contributed by atoms with Gasteiger partial charge in [0.05, 0.1) is 30.8 Å². The molecule has 4 heteroatoms. The number of fused-ring (bicyclic) bond motifs is 5. The minimum atomic E-state index is -0.0858. The number of hydrogen-bond acceptors (Lipinski definition) is 4. The molecule has 5 unspecified atom stereocenters. The molecule has 0 aromatic heterocycles. The Morgan fingerprint density at radius 2 is 2.40 bits per heavy atom. The van der Waals surface area contributed by atoms with E-state index in [0.717, 1.165) is 19.4 Å². The van der Waals surface area contributed by atoms with Gasteiger partial charge in [0.25, 0.3) is 0 Å². The maximum atomic E-state index is 11.5. The molecule has 0 radical (unpaired) electrons. The molecule has 0 N–H and O–H groups in total. The quantitative estimate of drug-likeness (QED) is 0.647. The van der Waals surface area contributed by atoms with Crippen molar-refractivity contribution < 1.29 is 19.0 Å². The highest BCUT2D eigenvalue weighted by Gasteiger charge is 2.61. The Balaban J connectivity index is 1.71. The summed E-state index contributed by atoms with van der Waals surface area (Å²) in [5.41, 5.74) is 0. The van der Waals surface area contributed by atoms with Crippen LogP contribution in [-0.4, -0.2) is 37.5 Å². The topological polar surface area (TPSA) is 44.8 Å². The van der Waals surface area contributed by atoms with Crippen LogP contribution in [0, 0.1) is 11.8 Å². The van der Waals surface area contributed by atoms with Crippen LogP contribution in [-0.2, 0) is 19.0 Å². The third kappa shape index (κ3) is 1.31. The standard InChI is InChI=1S/C11H16O4/c1-2-3-13-8-4-7-6-5-14-11(12)9(6)10(8)15-7/h6-10H,2-5H2,1H3. The zero-order chi connectivity index (χ0) is 10.4. The zero-order valence-corrected chi connectivity index (χ0v) is 8.85. The van der Waals surface area contributed by atoms with Gasteiger partial charge in [-0.25, -0.2) is 0 Å². The van der Waals surface area contributed by atoms with Gasteiger partial charge >= 0.3 is 5.97 Å². The Bertz CT molecular complexity index is 278. The molecule has 3 rings (SSSR count). The highest BCUT2D eigenvalue weighted by molar-refractivity contribution is 5.76. The van der Waals surface area contributed by atoms with Crippen LogP contribution in [0.15, 0.2) is 0 Å². The number of rotatable bonds is 3. The van der Waals surface area contributed by atoms with Crippen molar-refractivity contribution in [3.8, 4) is 0 Å². The van der Waals surface area contributed by atoms with E-state index in [0.29, 0.717) is 12.5 Å². The van der Waals surface area contributed by atoms with Gasteiger partial charge in [-0.3, -0.25) is 4.79 Å². The van der Waals surface area contributed by atoms with Gasteiger partial charge in [0.1, 0.15) is 0 Å². The molecular weight excluding hydrogens is 196 g/mol. The molecule has 3 aliphatic rings. The third-order valence-corrected chi connectivity index (χ3v) is 3.68. The van der Waals surface area contributed by atoms with Crippen molar-refractivity contribution in [2.24, 2.45) is 11.8 Å². The van der Waals surface area contributed by atoms with Crippen molar-refractivity contribution in [1.29, 1.82) is 0 Å². The summed E-state index contributed by atoms with van der Waals surface area (Å²) in [4.78, 5) is 11.5. The minimum absolute atomic E-state index is 0.0402. The summed E-state index contributed by atoms with van der Waals surface area (Å²) in [6.07, 6.45) is 2.20. The van der Waals surface area contributed by atoms with Gasteiger partial charge in [-0.2, -0.15) is 0 Å². The van der Waals surface area contributed by atoms with Crippen molar-refractivity contribution in [1.82, 2.24) is 0 Å². The molecule has 84 valence electrons. The maximum Gasteiger partial charge on any atom is 0.312 e. The number of carbonyl (C=O) groups is 1. The first-order valence-electron chi connectivity index (χ1n) is 5.75. The molecule has 4 nitrogen and oxygen atoms in total. The SMILES string of the molecule is CCCOC1CC2OC1C1C(=O)OCC21. The van der Waals surface area contributed by atoms with Crippen LogP contribution >= 0.6 is 0 Å². The van der Waals surface area contributed by atoms with E-state index in [-0.39, 0.29) is 30.2 Å². The van der Waals surface area contributed by atoms with Crippen LogP contribution in [0.3, 0.4) is 0 Å². The Kier molecular flexibility index (Phi) is 2.21. The van der Waals surface area contributed by atoms with Crippen molar-refractivity contribution in [2.75, 3.05) is 13.2 Å². The molecule has 3 heterocycles. The normalized spacial score (nSPS) is 47.0. The lowest BCUT2D eigenvalue weighted by Gasteiger charge is -2.24. The molecule has 0 aliphatic carbocycles. The van der Waals surface area contributed by atoms with Crippen LogP contribution in [0.25, 0.3) is 0 Å². The summed E-state index contributed by atoms with van der Waals surface area (Å²) in [5, 5.41) is 0. The molecule has 0 spiro atoms. The highest BCUT2D eigenvalue weighted by atomic mass is 16.6. The number of ether oxygens (including phenoxy) is 3. The zero-order valence-electron chi connectivity index (χ0n) is 8.85. The van der Waals surface area contributed by atoms with Crippen LogP contribution in [0.1, 0.15) is 19.8 Å². The summed E-state index contributed by atoms with van der Waals surface area (Å²) in [6, 6.07) is 0. The van der Waals surface area contributed by atoms with E-state index in [1.165, 1.54) is 0 Å². The van der Waals surface area contributed by atoms with Gasteiger partial charge in [-0.05, 0) is 6.42 Å². The van der Waals surface area contributed by atoms with Crippen LogP contribution in [0.5, 0.6) is 0 Å². The van der Waals surface area contributed by atoms with E-state index in [4.69, 9.17) is 14.2 Å². The average Bonchev–Trinajstić information content (AvgIpc) is 2.87. The first-order chi connectivity index (χ1) is 7.31. The number of carbonyl (C=O) groups excluding carboxylic acids is 1. The van der Waals surface area contributed by atoms with Crippen LogP contribution in [0.2, 0.25) is 0 Å². The van der Waals surface area contributed by atoms with Crippen molar-refractivity contribution in [2.45, 2.75) is 38.1 Å². The van der Waals surface area contributed by atoms with Gasteiger partial charge < -0.3 is 14.2 Å². The fourth-order valence-electron chi connectivity index (χ4n) is 3.00. The molecule has 3 saturated heterocycles. The number of cyclic esters (lactones) is 1. The monoisotopic (exact) mass is 212 g/mol. The van der Waals surface area contributed by atoms with E-state index in [2.05, 4.69) is 6.92 Å². The molecule has 0 aromatic rings. The predicted octanol–water partition coefficient (Wildman–Crippen LogP) is 0.742. The van der Waals surface area contributed by atoms with Gasteiger partial charge in [0.2, 0.25) is 0 Å². The number of hydrogen-bond donors (Lipinski definition) is 0. The molecule has 5 atom stereocenters. The third-order valence-electron chi connectivity index (χ3n) is 3.68. The predicted molar refractivity (Wildman–Crippen MR) is 51.2 cm³/mol. The maximum absolute atomic E-state index is 11.5. The molecular formula is C11H16O4. The lowest BCUT2D eigenvalue weighted by Crippen LogP contribution is -2.39. The molecule has 0 aromatic carbocycles. The van der Waals surface area contributed by atoms with E-state index in [1.54, 1.807) is 0 Å². The molecule has 0 saturated carbocycles. The fraction of sp³-hybridized carbons (Fsp3) is 0.909. The lowest BCUT2D eigenvalue weighted by molar-refractivity contribution is -0.145. The summed E-state index contributed by atoms with van der Waals surface area (Å²) in [5.74, 6) is 0.159. The van der Waals surface area contributed by atoms with E-state index < -0.39 is 0 Å². The largest absolute Gasteiger partial charge is 0.465 e. The Hall–Kier alpha value is -0.610. The second kappa shape index (κ2) is 3.46. The summed E-state index contributed by atoms with van der Waals surface area (Å²) in [6.45, 7) is 3.38.